The molecule has 154 valence electrons. The third kappa shape index (κ3) is 7.25. The molecule has 0 saturated carbocycles. The van der Waals surface area contributed by atoms with E-state index in [0.717, 1.165) is 36.1 Å². The molecule has 0 atom stereocenters. The zero-order chi connectivity index (χ0) is 20.4. The van der Waals surface area contributed by atoms with Gasteiger partial charge in [-0.25, -0.2) is 4.79 Å². The highest BCUT2D eigenvalue weighted by atomic mass is 16.6. The molecule has 0 unspecified atom stereocenters. The molecule has 1 N–H and O–H groups in total. The molecule has 0 radical (unpaired) electrons. The van der Waals surface area contributed by atoms with Crippen molar-refractivity contribution in [1.29, 1.82) is 0 Å². The van der Waals surface area contributed by atoms with Crippen LogP contribution in [0.1, 0.15) is 58.9 Å². The summed E-state index contributed by atoms with van der Waals surface area (Å²) in [7, 11) is 0. The van der Waals surface area contributed by atoms with Crippen LogP contribution in [0.5, 0.6) is 5.88 Å². The van der Waals surface area contributed by atoms with Crippen LogP contribution in [0.25, 0.3) is 11.3 Å². The van der Waals surface area contributed by atoms with Crippen LogP contribution in [0.3, 0.4) is 0 Å². The second-order valence-electron chi connectivity index (χ2n) is 7.75. The third-order valence-corrected chi connectivity index (χ3v) is 4.08. The van der Waals surface area contributed by atoms with Crippen molar-refractivity contribution in [2.24, 2.45) is 0 Å². The minimum absolute atomic E-state index is 0.294. The minimum atomic E-state index is -0.521. The number of hydrogen-bond donors (Lipinski definition) is 1. The van der Waals surface area contributed by atoms with Crippen molar-refractivity contribution < 1.29 is 18.8 Å². The molecule has 1 aromatic carbocycles. The van der Waals surface area contributed by atoms with Crippen molar-refractivity contribution in [2.45, 2.75) is 65.4 Å². The zero-order valence-corrected chi connectivity index (χ0v) is 17.4. The Labute approximate surface area is 167 Å². The number of carbonyl (C=O) groups is 1. The van der Waals surface area contributed by atoms with Crippen molar-refractivity contribution in [1.82, 2.24) is 10.5 Å². The van der Waals surface area contributed by atoms with Crippen molar-refractivity contribution >= 4 is 6.09 Å². The molecule has 1 aromatic heterocycles. The van der Waals surface area contributed by atoms with E-state index in [1.54, 1.807) is 0 Å². The number of alkyl carbamates (subject to hydrolysis) is 1. The van der Waals surface area contributed by atoms with E-state index in [2.05, 4.69) is 17.4 Å². The summed E-state index contributed by atoms with van der Waals surface area (Å²) in [5.74, 6) is 1.26. The first-order valence-electron chi connectivity index (χ1n) is 10.0. The van der Waals surface area contributed by atoms with Crippen LogP contribution in [0, 0.1) is 0 Å². The Morgan fingerprint density at radius 1 is 1.14 bits per heavy atom. The minimum Gasteiger partial charge on any atom is -0.473 e. The molecule has 2 aromatic rings. The topological polar surface area (TPSA) is 73.6 Å². The van der Waals surface area contributed by atoms with Gasteiger partial charge in [0.05, 0.1) is 12.1 Å². The second-order valence-corrected chi connectivity index (χ2v) is 7.75. The lowest BCUT2D eigenvalue weighted by Gasteiger charge is -2.19. The summed E-state index contributed by atoms with van der Waals surface area (Å²) >= 11 is 0. The Kier molecular flexibility index (Phi) is 8.36. The smallest absolute Gasteiger partial charge is 0.407 e. The molecule has 28 heavy (non-hydrogen) atoms. The van der Waals surface area contributed by atoms with E-state index in [1.165, 1.54) is 12.8 Å². The lowest BCUT2D eigenvalue weighted by atomic mass is 10.0. The predicted molar refractivity (Wildman–Crippen MR) is 110 cm³/mol. The highest BCUT2D eigenvalue weighted by Crippen LogP contribution is 2.32. The summed E-state index contributed by atoms with van der Waals surface area (Å²) in [5, 5.41) is 6.81. The first kappa shape index (κ1) is 21.8. The number of carbonyl (C=O) groups excluding carboxylic acids is 1. The van der Waals surface area contributed by atoms with E-state index in [9.17, 15) is 4.79 Å². The molecule has 1 heterocycles. The Balaban J connectivity index is 1.96. The summed E-state index contributed by atoms with van der Waals surface area (Å²) in [4.78, 5) is 11.7. The number of benzene rings is 1. The van der Waals surface area contributed by atoms with Gasteiger partial charge in [0.15, 0.2) is 5.76 Å². The second kappa shape index (κ2) is 10.7. The zero-order valence-electron chi connectivity index (χ0n) is 17.4. The lowest BCUT2D eigenvalue weighted by Crippen LogP contribution is -2.34. The van der Waals surface area contributed by atoms with E-state index < -0.39 is 11.7 Å². The van der Waals surface area contributed by atoms with Crippen LogP contribution in [0.2, 0.25) is 0 Å². The van der Waals surface area contributed by atoms with Gasteiger partial charge in [0.25, 0.3) is 5.88 Å². The summed E-state index contributed by atoms with van der Waals surface area (Å²) in [6, 6.07) is 9.93. The number of hydrogen-bond acceptors (Lipinski definition) is 5. The molecule has 0 saturated heterocycles. The maximum Gasteiger partial charge on any atom is 0.407 e. The van der Waals surface area contributed by atoms with Crippen LogP contribution in [0.15, 0.2) is 34.9 Å². The van der Waals surface area contributed by atoms with Gasteiger partial charge >= 0.3 is 6.09 Å². The summed E-state index contributed by atoms with van der Waals surface area (Å²) in [6.45, 7) is 8.30. The quantitative estimate of drug-likeness (QED) is 0.554. The Hall–Kier alpha value is -2.50. The fourth-order valence-corrected chi connectivity index (χ4v) is 2.79. The normalized spacial score (nSPS) is 11.3. The number of ether oxygens (including phenoxy) is 2. The maximum atomic E-state index is 11.7. The van der Waals surface area contributed by atoms with Crippen LogP contribution >= 0.6 is 0 Å². The van der Waals surface area contributed by atoms with E-state index >= 15 is 0 Å². The van der Waals surface area contributed by atoms with Crippen LogP contribution in [-0.4, -0.2) is 30.0 Å². The molecule has 6 nitrogen and oxygen atoms in total. The first-order valence-corrected chi connectivity index (χ1v) is 10.0. The first-order chi connectivity index (χ1) is 13.4. The molecular formula is C22H32N2O4. The van der Waals surface area contributed by atoms with Crippen molar-refractivity contribution in [3.05, 3.63) is 35.9 Å². The van der Waals surface area contributed by atoms with Crippen molar-refractivity contribution in [2.75, 3.05) is 13.2 Å². The van der Waals surface area contributed by atoms with Gasteiger partial charge in [-0.3, -0.25) is 0 Å². The molecule has 0 aliphatic heterocycles. The number of nitrogens with zero attached hydrogens (tertiary/aromatic N) is 1. The molecule has 0 aliphatic carbocycles. The molecular weight excluding hydrogens is 356 g/mol. The van der Waals surface area contributed by atoms with Gasteiger partial charge in [-0.05, 0) is 38.8 Å². The summed E-state index contributed by atoms with van der Waals surface area (Å²) in [5.41, 5.74) is 1.45. The average molecular weight is 389 g/mol. The highest BCUT2D eigenvalue weighted by Gasteiger charge is 2.19. The standard InChI is InChI=1S/C22H32N2O4/c1-5-6-7-11-14-18-19(17-12-9-8-10-13-17)28-24-20(18)26-16-15-23-21(25)27-22(2,3)4/h8-10,12-13H,5-7,11,14-16H2,1-4H3,(H,23,25). The molecule has 6 heteroatoms. The Morgan fingerprint density at radius 2 is 1.89 bits per heavy atom. The van der Waals surface area contributed by atoms with Gasteiger partial charge in [0, 0.05) is 5.56 Å². The van der Waals surface area contributed by atoms with E-state index in [-0.39, 0.29) is 0 Å². The summed E-state index contributed by atoms with van der Waals surface area (Å²) < 4.78 is 16.6. The number of rotatable bonds is 10. The SMILES string of the molecule is CCCCCCc1c(OCCNC(=O)OC(C)(C)C)noc1-c1ccccc1. The number of amides is 1. The number of aromatic nitrogens is 1. The number of nitrogens with one attached hydrogen (secondary N) is 1. The summed E-state index contributed by atoms with van der Waals surface area (Å²) in [6.07, 6.45) is 5.01. The number of unbranched alkanes of at least 4 members (excludes halogenated alkanes) is 3. The van der Waals surface area contributed by atoms with Gasteiger partial charge in [-0.2, -0.15) is 0 Å². The van der Waals surface area contributed by atoms with E-state index in [4.69, 9.17) is 14.0 Å². The Morgan fingerprint density at radius 3 is 2.57 bits per heavy atom. The molecule has 0 aliphatic rings. The van der Waals surface area contributed by atoms with Gasteiger partial charge in [-0.15, -0.1) is 0 Å². The monoisotopic (exact) mass is 388 g/mol. The molecule has 0 bridgehead atoms. The largest absolute Gasteiger partial charge is 0.473 e. The van der Waals surface area contributed by atoms with Crippen molar-refractivity contribution in [3.8, 4) is 17.2 Å². The van der Waals surface area contributed by atoms with Gasteiger partial charge in [0.2, 0.25) is 0 Å². The lowest BCUT2D eigenvalue weighted by molar-refractivity contribution is 0.0519. The fraction of sp³-hybridized carbons (Fsp3) is 0.545. The van der Waals surface area contributed by atoms with Crippen LogP contribution in [-0.2, 0) is 11.2 Å². The van der Waals surface area contributed by atoms with Crippen molar-refractivity contribution in [3.63, 3.8) is 0 Å². The van der Waals surface area contributed by atoms with E-state index in [0.29, 0.717) is 19.0 Å². The maximum absolute atomic E-state index is 11.7. The van der Waals surface area contributed by atoms with Gasteiger partial charge < -0.3 is 19.3 Å². The average Bonchev–Trinajstić information content (AvgIpc) is 3.04. The predicted octanol–water partition coefficient (Wildman–Crippen LogP) is 5.37. The third-order valence-electron chi connectivity index (χ3n) is 4.08. The van der Waals surface area contributed by atoms with E-state index in [1.807, 2.05) is 51.1 Å². The van der Waals surface area contributed by atoms with Crippen LogP contribution < -0.4 is 10.1 Å². The van der Waals surface area contributed by atoms with Gasteiger partial charge in [0.1, 0.15) is 12.2 Å². The molecule has 2 rings (SSSR count). The molecule has 0 spiro atoms. The van der Waals surface area contributed by atoms with Gasteiger partial charge in [-0.1, -0.05) is 56.5 Å². The Bertz CT molecular complexity index is 720. The molecule has 1 amide bonds. The van der Waals surface area contributed by atoms with Crippen LogP contribution in [0.4, 0.5) is 4.79 Å². The molecule has 0 fully saturated rings. The fourth-order valence-electron chi connectivity index (χ4n) is 2.79. The highest BCUT2D eigenvalue weighted by molar-refractivity contribution is 5.67.